The standard InChI is InChI=1S/C15H13ClN2O2S/c16-10-3-1-2-8(4-10)11-6-12(11)18-15(20)13-5-9(7-21-13)14(17)19/h1-5,7,11-12H,6H2,(H2,17,19)(H,18,20)/t11-,12-/m0/s1. The normalized spacial score (nSPS) is 20.0. The van der Waals surface area contributed by atoms with Gasteiger partial charge in [0.2, 0.25) is 5.91 Å². The monoisotopic (exact) mass is 320 g/mol. The molecule has 1 aliphatic carbocycles. The molecule has 0 unspecified atom stereocenters. The van der Waals surface area contributed by atoms with Gasteiger partial charge in [0.15, 0.2) is 0 Å². The smallest absolute Gasteiger partial charge is 0.261 e. The van der Waals surface area contributed by atoms with Crippen LogP contribution in [0, 0.1) is 0 Å². The zero-order valence-electron chi connectivity index (χ0n) is 11.0. The summed E-state index contributed by atoms with van der Waals surface area (Å²) >= 11 is 7.19. The van der Waals surface area contributed by atoms with Crippen molar-refractivity contribution in [1.29, 1.82) is 0 Å². The summed E-state index contributed by atoms with van der Waals surface area (Å²) in [6.07, 6.45) is 0.903. The molecular formula is C15H13ClN2O2S. The summed E-state index contributed by atoms with van der Waals surface area (Å²) in [7, 11) is 0. The van der Waals surface area contributed by atoms with Crippen LogP contribution < -0.4 is 11.1 Å². The lowest BCUT2D eigenvalue weighted by Gasteiger charge is -2.03. The largest absolute Gasteiger partial charge is 0.366 e. The number of carbonyl (C=O) groups is 2. The Hall–Kier alpha value is -1.85. The zero-order chi connectivity index (χ0) is 15.0. The molecule has 0 radical (unpaired) electrons. The molecule has 0 saturated heterocycles. The number of halogens is 1. The van der Waals surface area contributed by atoms with E-state index in [4.69, 9.17) is 17.3 Å². The van der Waals surface area contributed by atoms with Crippen LogP contribution in [-0.4, -0.2) is 17.9 Å². The fourth-order valence-electron chi connectivity index (χ4n) is 2.28. The number of hydrogen-bond donors (Lipinski definition) is 2. The van der Waals surface area contributed by atoms with Crippen molar-refractivity contribution in [1.82, 2.24) is 5.32 Å². The third kappa shape index (κ3) is 3.09. The van der Waals surface area contributed by atoms with Gasteiger partial charge in [-0.05, 0) is 30.2 Å². The van der Waals surface area contributed by atoms with Gasteiger partial charge in [-0.15, -0.1) is 11.3 Å². The average molecular weight is 321 g/mol. The average Bonchev–Trinajstić information content (AvgIpc) is 3.01. The van der Waals surface area contributed by atoms with Gasteiger partial charge in [0, 0.05) is 22.4 Å². The Labute approximate surface area is 130 Å². The van der Waals surface area contributed by atoms with Crippen molar-refractivity contribution >= 4 is 34.8 Å². The molecule has 1 aliphatic rings. The third-order valence-corrected chi connectivity index (χ3v) is 4.66. The first-order chi connectivity index (χ1) is 10.0. The van der Waals surface area contributed by atoms with E-state index >= 15 is 0 Å². The van der Waals surface area contributed by atoms with Crippen LogP contribution in [0.25, 0.3) is 0 Å². The molecule has 1 heterocycles. The second-order valence-electron chi connectivity index (χ2n) is 5.04. The Morgan fingerprint density at radius 3 is 2.81 bits per heavy atom. The van der Waals surface area contributed by atoms with Crippen LogP contribution in [0.15, 0.2) is 35.7 Å². The molecule has 1 saturated carbocycles. The first kappa shape index (κ1) is 14.1. The van der Waals surface area contributed by atoms with E-state index in [1.54, 1.807) is 5.38 Å². The highest BCUT2D eigenvalue weighted by Gasteiger charge is 2.39. The first-order valence-electron chi connectivity index (χ1n) is 6.49. The van der Waals surface area contributed by atoms with Crippen LogP contribution >= 0.6 is 22.9 Å². The molecular weight excluding hydrogens is 308 g/mol. The van der Waals surface area contributed by atoms with Gasteiger partial charge in [0.05, 0.1) is 10.4 Å². The van der Waals surface area contributed by atoms with E-state index in [-0.39, 0.29) is 11.9 Å². The predicted molar refractivity (Wildman–Crippen MR) is 82.9 cm³/mol. The zero-order valence-corrected chi connectivity index (χ0v) is 12.6. The first-order valence-corrected chi connectivity index (χ1v) is 7.75. The second kappa shape index (κ2) is 5.50. The molecule has 0 aliphatic heterocycles. The van der Waals surface area contributed by atoms with Crippen LogP contribution in [0.4, 0.5) is 0 Å². The summed E-state index contributed by atoms with van der Waals surface area (Å²) in [6.45, 7) is 0. The highest BCUT2D eigenvalue weighted by molar-refractivity contribution is 7.12. The quantitative estimate of drug-likeness (QED) is 0.909. The van der Waals surface area contributed by atoms with Gasteiger partial charge < -0.3 is 11.1 Å². The van der Waals surface area contributed by atoms with Crippen molar-refractivity contribution in [2.45, 2.75) is 18.4 Å². The maximum Gasteiger partial charge on any atom is 0.261 e. The topological polar surface area (TPSA) is 72.2 Å². The maximum atomic E-state index is 12.1. The van der Waals surface area contributed by atoms with Crippen molar-refractivity contribution in [3.63, 3.8) is 0 Å². The maximum absolute atomic E-state index is 12.1. The van der Waals surface area contributed by atoms with E-state index in [1.807, 2.05) is 24.3 Å². The number of hydrogen-bond acceptors (Lipinski definition) is 3. The number of primary amides is 1. The molecule has 0 spiro atoms. The van der Waals surface area contributed by atoms with E-state index in [0.29, 0.717) is 21.4 Å². The summed E-state index contributed by atoms with van der Waals surface area (Å²) in [5.41, 5.74) is 6.68. The molecule has 2 amide bonds. The second-order valence-corrected chi connectivity index (χ2v) is 6.39. The Balaban J connectivity index is 1.63. The molecule has 3 N–H and O–H groups in total. The van der Waals surface area contributed by atoms with Gasteiger partial charge in [0.25, 0.3) is 5.91 Å². The number of thiophene rings is 1. The molecule has 108 valence electrons. The number of nitrogens with one attached hydrogen (secondary N) is 1. The minimum atomic E-state index is -0.520. The van der Waals surface area contributed by atoms with Crippen LogP contribution in [-0.2, 0) is 0 Å². The Kier molecular flexibility index (Phi) is 3.69. The lowest BCUT2D eigenvalue weighted by atomic mass is 10.1. The minimum Gasteiger partial charge on any atom is -0.366 e. The predicted octanol–water partition coefficient (Wildman–Crippen LogP) is 2.79. The van der Waals surface area contributed by atoms with Crippen molar-refractivity contribution in [2.24, 2.45) is 5.73 Å². The fraction of sp³-hybridized carbons (Fsp3) is 0.200. The molecule has 1 aromatic heterocycles. The van der Waals surface area contributed by atoms with E-state index in [2.05, 4.69) is 5.32 Å². The summed E-state index contributed by atoms with van der Waals surface area (Å²) < 4.78 is 0. The third-order valence-electron chi connectivity index (χ3n) is 3.49. The van der Waals surface area contributed by atoms with Gasteiger partial charge in [0.1, 0.15) is 0 Å². The lowest BCUT2D eigenvalue weighted by Crippen LogP contribution is -2.25. The van der Waals surface area contributed by atoms with E-state index in [1.165, 1.54) is 17.4 Å². The molecule has 2 aromatic rings. The van der Waals surface area contributed by atoms with Gasteiger partial charge >= 0.3 is 0 Å². The van der Waals surface area contributed by atoms with Gasteiger partial charge in [-0.2, -0.15) is 0 Å². The molecule has 0 bridgehead atoms. The van der Waals surface area contributed by atoms with Crippen molar-refractivity contribution < 1.29 is 9.59 Å². The number of rotatable bonds is 4. The Morgan fingerprint density at radius 1 is 1.33 bits per heavy atom. The SMILES string of the molecule is NC(=O)c1csc(C(=O)N[C@H]2C[C@H]2c2cccc(Cl)c2)c1. The number of nitrogens with two attached hydrogens (primary N) is 1. The van der Waals surface area contributed by atoms with Crippen molar-refractivity contribution in [3.8, 4) is 0 Å². The molecule has 21 heavy (non-hydrogen) atoms. The highest BCUT2D eigenvalue weighted by Crippen LogP contribution is 2.41. The molecule has 4 nitrogen and oxygen atoms in total. The lowest BCUT2D eigenvalue weighted by molar-refractivity contribution is 0.0954. The molecule has 2 atom stereocenters. The Morgan fingerprint density at radius 2 is 2.14 bits per heavy atom. The highest BCUT2D eigenvalue weighted by atomic mass is 35.5. The van der Waals surface area contributed by atoms with E-state index in [0.717, 1.165) is 12.0 Å². The summed E-state index contributed by atoms with van der Waals surface area (Å²) in [6, 6.07) is 9.33. The van der Waals surface area contributed by atoms with Crippen LogP contribution in [0.5, 0.6) is 0 Å². The number of carbonyl (C=O) groups excluding carboxylic acids is 2. The number of benzene rings is 1. The fourth-order valence-corrected chi connectivity index (χ4v) is 3.28. The Bertz CT molecular complexity index is 713. The van der Waals surface area contributed by atoms with E-state index in [9.17, 15) is 9.59 Å². The number of amides is 2. The molecule has 1 aromatic carbocycles. The molecule has 1 fully saturated rings. The van der Waals surface area contributed by atoms with Gasteiger partial charge in [-0.25, -0.2) is 0 Å². The van der Waals surface area contributed by atoms with Crippen LogP contribution in [0.1, 0.15) is 37.9 Å². The van der Waals surface area contributed by atoms with Crippen LogP contribution in [0.3, 0.4) is 0 Å². The van der Waals surface area contributed by atoms with Gasteiger partial charge in [-0.1, -0.05) is 23.7 Å². The summed E-state index contributed by atoms with van der Waals surface area (Å²) in [5.74, 6) is -0.376. The van der Waals surface area contributed by atoms with Crippen LogP contribution in [0.2, 0.25) is 5.02 Å². The van der Waals surface area contributed by atoms with Gasteiger partial charge in [-0.3, -0.25) is 9.59 Å². The summed E-state index contributed by atoms with van der Waals surface area (Å²) in [5, 5.41) is 5.27. The molecule has 3 rings (SSSR count). The van der Waals surface area contributed by atoms with Crippen molar-refractivity contribution in [2.75, 3.05) is 0 Å². The molecule has 6 heteroatoms. The summed E-state index contributed by atoms with van der Waals surface area (Å²) in [4.78, 5) is 23.6. The minimum absolute atomic E-state index is 0.120. The van der Waals surface area contributed by atoms with E-state index < -0.39 is 5.91 Å². The van der Waals surface area contributed by atoms with Crippen molar-refractivity contribution in [3.05, 3.63) is 56.7 Å².